The van der Waals surface area contributed by atoms with Gasteiger partial charge >= 0.3 is 0 Å². The highest BCUT2D eigenvalue weighted by Gasteiger charge is 2.17. The molecule has 19 heavy (non-hydrogen) atoms. The number of nitrogens with one attached hydrogen (secondary N) is 1. The molecule has 4 nitrogen and oxygen atoms in total. The zero-order chi connectivity index (χ0) is 14.4. The molecule has 0 bridgehead atoms. The predicted molar refractivity (Wildman–Crippen MR) is 77.0 cm³/mol. The van der Waals surface area contributed by atoms with E-state index in [-0.39, 0.29) is 11.9 Å². The maximum Gasteiger partial charge on any atom is 0.260 e. The molecule has 1 amide bonds. The van der Waals surface area contributed by atoms with E-state index in [1.807, 2.05) is 31.2 Å². The SMILES string of the molecule is CC(C)CNC(=O)C(C)Oc1ccccc1[C@H](C)N. The highest BCUT2D eigenvalue weighted by atomic mass is 16.5. The minimum atomic E-state index is -0.529. The van der Waals surface area contributed by atoms with E-state index in [9.17, 15) is 4.79 Å². The van der Waals surface area contributed by atoms with Crippen molar-refractivity contribution in [3.8, 4) is 5.75 Å². The number of hydrogen-bond acceptors (Lipinski definition) is 3. The third-order valence-electron chi connectivity index (χ3n) is 2.77. The second kappa shape index (κ2) is 7.14. The summed E-state index contributed by atoms with van der Waals surface area (Å²) in [5, 5.41) is 2.86. The number of amides is 1. The van der Waals surface area contributed by atoms with Gasteiger partial charge in [-0.1, -0.05) is 32.0 Å². The van der Waals surface area contributed by atoms with Crippen LogP contribution in [0.25, 0.3) is 0 Å². The first kappa shape index (κ1) is 15.5. The molecule has 0 aromatic heterocycles. The average Bonchev–Trinajstić information content (AvgIpc) is 2.36. The van der Waals surface area contributed by atoms with E-state index in [0.29, 0.717) is 18.2 Å². The normalized spacial score (nSPS) is 14.0. The van der Waals surface area contributed by atoms with Crippen LogP contribution in [0.1, 0.15) is 39.3 Å². The second-order valence-electron chi connectivity index (χ2n) is 5.23. The number of carbonyl (C=O) groups excluding carboxylic acids is 1. The van der Waals surface area contributed by atoms with Crippen molar-refractivity contribution in [1.82, 2.24) is 5.32 Å². The van der Waals surface area contributed by atoms with Crippen molar-refractivity contribution >= 4 is 5.91 Å². The quantitative estimate of drug-likeness (QED) is 0.828. The highest BCUT2D eigenvalue weighted by Crippen LogP contribution is 2.24. The van der Waals surface area contributed by atoms with Crippen molar-refractivity contribution in [2.45, 2.75) is 39.8 Å². The van der Waals surface area contributed by atoms with Gasteiger partial charge in [0.15, 0.2) is 6.10 Å². The molecule has 3 N–H and O–H groups in total. The van der Waals surface area contributed by atoms with Gasteiger partial charge in [0.2, 0.25) is 0 Å². The van der Waals surface area contributed by atoms with Crippen molar-refractivity contribution in [3.05, 3.63) is 29.8 Å². The van der Waals surface area contributed by atoms with Gasteiger partial charge in [-0.3, -0.25) is 4.79 Å². The van der Waals surface area contributed by atoms with Crippen LogP contribution >= 0.6 is 0 Å². The van der Waals surface area contributed by atoms with Gasteiger partial charge in [0.05, 0.1) is 0 Å². The molecule has 0 aliphatic heterocycles. The lowest BCUT2D eigenvalue weighted by atomic mass is 10.1. The zero-order valence-corrected chi connectivity index (χ0v) is 12.1. The number of hydrogen-bond donors (Lipinski definition) is 2. The summed E-state index contributed by atoms with van der Waals surface area (Å²) in [7, 11) is 0. The van der Waals surface area contributed by atoms with Crippen molar-refractivity contribution in [2.75, 3.05) is 6.54 Å². The molecule has 2 atom stereocenters. The molecule has 106 valence electrons. The summed E-state index contributed by atoms with van der Waals surface area (Å²) >= 11 is 0. The van der Waals surface area contributed by atoms with Gasteiger partial charge in [0.1, 0.15) is 5.75 Å². The van der Waals surface area contributed by atoms with E-state index in [1.165, 1.54) is 0 Å². The number of rotatable bonds is 6. The summed E-state index contributed by atoms with van der Waals surface area (Å²) in [6.45, 7) is 8.40. The fourth-order valence-corrected chi connectivity index (χ4v) is 1.66. The van der Waals surface area contributed by atoms with Crippen LogP contribution < -0.4 is 15.8 Å². The van der Waals surface area contributed by atoms with Crippen LogP contribution in [0.4, 0.5) is 0 Å². The molecule has 0 saturated carbocycles. The lowest BCUT2D eigenvalue weighted by Gasteiger charge is -2.19. The largest absolute Gasteiger partial charge is 0.481 e. The molecule has 1 aromatic carbocycles. The fraction of sp³-hybridized carbons (Fsp3) is 0.533. The molecule has 1 rings (SSSR count). The van der Waals surface area contributed by atoms with E-state index in [2.05, 4.69) is 19.2 Å². The molecule has 0 saturated heterocycles. The number of carbonyl (C=O) groups is 1. The Hall–Kier alpha value is -1.55. The Morgan fingerprint density at radius 1 is 1.26 bits per heavy atom. The van der Waals surface area contributed by atoms with Crippen molar-refractivity contribution in [3.63, 3.8) is 0 Å². The lowest BCUT2D eigenvalue weighted by Crippen LogP contribution is -2.38. The molecule has 0 fully saturated rings. The Morgan fingerprint density at radius 2 is 1.89 bits per heavy atom. The Kier molecular flexibility index (Phi) is 5.83. The molecular formula is C15H24N2O2. The lowest BCUT2D eigenvalue weighted by molar-refractivity contribution is -0.127. The monoisotopic (exact) mass is 264 g/mol. The van der Waals surface area contributed by atoms with Gasteiger partial charge < -0.3 is 15.8 Å². The van der Waals surface area contributed by atoms with Crippen LogP contribution in [0.3, 0.4) is 0 Å². The van der Waals surface area contributed by atoms with E-state index < -0.39 is 6.10 Å². The van der Waals surface area contributed by atoms with Crippen LogP contribution in [0.15, 0.2) is 24.3 Å². The Balaban J connectivity index is 2.66. The van der Waals surface area contributed by atoms with E-state index in [1.54, 1.807) is 6.92 Å². The standard InChI is InChI=1S/C15H24N2O2/c1-10(2)9-17-15(18)12(4)19-14-8-6-5-7-13(14)11(3)16/h5-8,10-12H,9,16H2,1-4H3,(H,17,18)/t11-,12?/m0/s1. The Morgan fingerprint density at radius 3 is 2.47 bits per heavy atom. The minimum Gasteiger partial charge on any atom is -0.481 e. The molecule has 1 unspecified atom stereocenters. The zero-order valence-electron chi connectivity index (χ0n) is 12.1. The Bertz CT molecular complexity index is 416. The average molecular weight is 264 g/mol. The third kappa shape index (κ3) is 4.91. The smallest absolute Gasteiger partial charge is 0.260 e. The van der Waals surface area contributed by atoms with Crippen LogP contribution in [0.2, 0.25) is 0 Å². The molecule has 0 spiro atoms. The van der Waals surface area contributed by atoms with Gasteiger partial charge in [-0.15, -0.1) is 0 Å². The van der Waals surface area contributed by atoms with Gasteiger partial charge in [-0.25, -0.2) is 0 Å². The topological polar surface area (TPSA) is 64.3 Å². The van der Waals surface area contributed by atoms with Crippen LogP contribution in [0, 0.1) is 5.92 Å². The van der Waals surface area contributed by atoms with Gasteiger partial charge in [-0.2, -0.15) is 0 Å². The van der Waals surface area contributed by atoms with Gasteiger partial charge in [-0.05, 0) is 25.8 Å². The molecule has 0 heterocycles. The molecule has 4 heteroatoms. The van der Waals surface area contributed by atoms with Gasteiger partial charge in [0, 0.05) is 18.2 Å². The van der Waals surface area contributed by atoms with Crippen molar-refractivity contribution in [2.24, 2.45) is 11.7 Å². The third-order valence-corrected chi connectivity index (χ3v) is 2.77. The second-order valence-corrected chi connectivity index (χ2v) is 5.23. The first-order valence-electron chi connectivity index (χ1n) is 6.70. The number of nitrogens with two attached hydrogens (primary N) is 1. The number of ether oxygens (including phenoxy) is 1. The summed E-state index contributed by atoms with van der Waals surface area (Å²) in [4.78, 5) is 11.9. The van der Waals surface area contributed by atoms with Gasteiger partial charge in [0.25, 0.3) is 5.91 Å². The molecule has 0 aliphatic carbocycles. The maximum atomic E-state index is 11.9. The predicted octanol–water partition coefficient (Wildman–Crippen LogP) is 2.25. The first-order chi connectivity index (χ1) is 8.91. The van der Waals surface area contributed by atoms with Crippen LogP contribution in [-0.2, 0) is 4.79 Å². The highest BCUT2D eigenvalue weighted by molar-refractivity contribution is 5.80. The Labute approximate surface area is 115 Å². The summed E-state index contributed by atoms with van der Waals surface area (Å²) in [6, 6.07) is 7.42. The molecular weight excluding hydrogens is 240 g/mol. The minimum absolute atomic E-state index is 0.104. The summed E-state index contributed by atoms with van der Waals surface area (Å²) < 4.78 is 5.71. The number of benzene rings is 1. The van der Waals surface area contributed by atoms with E-state index >= 15 is 0 Å². The number of para-hydroxylation sites is 1. The molecule has 0 radical (unpaired) electrons. The van der Waals surface area contributed by atoms with Crippen LogP contribution in [-0.4, -0.2) is 18.6 Å². The van der Waals surface area contributed by atoms with Crippen molar-refractivity contribution in [1.29, 1.82) is 0 Å². The summed E-state index contributed by atoms with van der Waals surface area (Å²) in [5.41, 5.74) is 6.79. The van der Waals surface area contributed by atoms with E-state index in [4.69, 9.17) is 10.5 Å². The first-order valence-corrected chi connectivity index (χ1v) is 6.70. The fourth-order valence-electron chi connectivity index (χ4n) is 1.66. The summed E-state index contributed by atoms with van der Waals surface area (Å²) in [5.74, 6) is 0.991. The summed E-state index contributed by atoms with van der Waals surface area (Å²) in [6.07, 6.45) is -0.529. The molecule has 0 aliphatic rings. The maximum absolute atomic E-state index is 11.9. The van der Waals surface area contributed by atoms with Crippen molar-refractivity contribution < 1.29 is 9.53 Å². The molecule has 1 aromatic rings. The van der Waals surface area contributed by atoms with E-state index in [0.717, 1.165) is 5.56 Å². The van der Waals surface area contributed by atoms with Crippen LogP contribution in [0.5, 0.6) is 5.75 Å².